The summed E-state index contributed by atoms with van der Waals surface area (Å²) < 4.78 is 0. The summed E-state index contributed by atoms with van der Waals surface area (Å²) in [6.45, 7) is 0.893. The highest BCUT2D eigenvalue weighted by atomic mass is 16.3. The number of phenols is 3. The van der Waals surface area contributed by atoms with Crippen molar-refractivity contribution in [1.82, 2.24) is 5.32 Å². The van der Waals surface area contributed by atoms with Gasteiger partial charge in [-0.3, -0.25) is 0 Å². The Hall–Kier alpha value is -1.42. The van der Waals surface area contributed by atoms with Crippen LogP contribution in [0.5, 0.6) is 17.2 Å². The highest BCUT2D eigenvalue weighted by molar-refractivity contribution is 5.50. The van der Waals surface area contributed by atoms with E-state index in [-0.39, 0.29) is 23.3 Å². The van der Waals surface area contributed by atoms with E-state index in [1.165, 1.54) is 12.1 Å². The van der Waals surface area contributed by atoms with Crippen LogP contribution in [-0.2, 0) is 0 Å². The number of rotatable bonds is 1. The van der Waals surface area contributed by atoms with Crippen molar-refractivity contribution in [3.05, 3.63) is 17.7 Å². The first-order valence-corrected chi connectivity index (χ1v) is 4.66. The molecule has 1 heterocycles. The second-order valence-electron chi connectivity index (χ2n) is 3.55. The molecular weight excluding hydrogens is 182 g/mol. The fraction of sp³-hybridized carbons (Fsp3) is 0.400. The van der Waals surface area contributed by atoms with E-state index < -0.39 is 0 Å². The number of phenolic OH excluding ortho intramolecular Hbond substituents is 3. The smallest absolute Gasteiger partial charge is 0.127 e. The van der Waals surface area contributed by atoms with Gasteiger partial charge in [-0.1, -0.05) is 0 Å². The summed E-state index contributed by atoms with van der Waals surface area (Å²) in [7, 11) is 0. The fourth-order valence-corrected chi connectivity index (χ4v) is 1.90. The Labute approximate surface area is 81.8 Å². The van der Waals surface area contributed by atoms with Gasteiger partial charge in [0.05, 0.1) is 5.56 Å². The summed E-state index contributed by atoms with van der Waals surface area (Å²) in [6.07, 6.45) is 1.93. The first kappa shape index (κ1) is 9.15. The minimum Gasteiger partial charge on any atom is -0.508 e. The van der Waals surface area contributed by atoms with Gasteiger partial charge >= 0.3 is 0 Å². The maximum absolute atomic E-state index is 9.57. The van der Waals surface area contributed by atoms with Crippen LogP contribution in [0.1, 0.15) is 24.4 Å². The first-order chi connectivity index (χ1) is 6.68. The lowest BCUT2D eigenvalue weighted by atomic mass is 10.0. The second kappa shape index (κ2) is 3.38. The summed E-state index contributed by atoms with van der Waals surface area (Å²) in [5.74, 6) is -0.231. The Morgan fingerprint density at radius 1 is 1.14 bits per heavy atom. The molecule has 4 N–H and O–H groups in total. The number of hydrogen-bond acceptors (Lipinski definition) is 4. The molecule has 1 aromatic carbocycles. The van der Waals surface area contributed by atoms with Gasteiger partial charge in [-0.15, -0.1) is 0 Å². The second-order valence-corrected chi connectivity index (χ2v) is 3.55. The molecular formula is C10H13NO3. The number of nitrogens with one attached hydrogen (secondary N) is 1. The Kier molecular flexibility index (Phi) is 2.21. The Balaban J connectivity index is 2.40. The van der Waals surface area contributed by atoms with Crippen LogP contribution in [-0.4, -0.2) is 21.9 Å². The third-order valence-electron chi connectivity index (χ3n) is 2.53. The van der Waals surface area contributed by atoms with E-state index in [0.29, 0.717) is 5.56 Å². The highest BCUT2D eigenvalue weighted by Crippen LogP contribution is 2.39. The topological polar surface area (TPSA) is 72.7 Å². The van der Waals surface area contributed by atoms with Crippen molar-refractivity contribution >= 4 is 0 Å². The van der Waals surface area contributed by atoms with Gasteiger partial charge in [0.2, 0.25) is 0 Å². The molecule has 0 saturated carbocycles. The molecule has 1 aliphatic heterocycles. The molecule has 0 radical (unpaired) electrons. The molecule has 0 amide bonds. The Bertz CT molecular complexity index is 322. The first-order valence-electron chi connectivity index (χ1n) is 4.66. The third-order valence-corrected chi connectivity index (χ3v) is 2.53. The van der Waals surface area contributed by atoms with Gasteiger partial charge in [0.25, 0.3) is 0 Å². The molecule has 1 fully saturated rings. The highest BCUT2D eigenvalue weighted by Gasteiger charge is 2.23. The van der Waals surface area contributed by atoms with Gasteiger partial charge < -0.3 is 20.6 Å². The van der Waals surface area contributed by atoms with Crippen LogP contribution < -0.4 is 5.32 Å². The maximum Gasteiger partial charge on any atom is 0.127 e. The number of hydrogen-bond donors (Lipinski definition) is 4. The van der Waals surface area contributed by atoms with E-state index in [4.69, 9.17) is 5.11 Å². The zero-order chi connectivity index (χ0) is 10.1. The molecule has 76 valence electrons. The summed E-state index contributed by atoms with van der Waals surface area (Å²) in [4.78, 5) is 0. The molecule has 0 bridgehead atoms. The van der Waals surface area contributed by atoms with E-state index in [1.807, 2.05) is 0 Å². The summed E-state index contributed by atoms with van der Waals surface area (Å²) in [5.41, 5.74) is 0.486. The lowest BCUT2D eigenvalue weighted by Gasteiger charge is -2.14. The minimum atomic E-state index is -0.123. The van der Waals surface area contributed by atoms with Gasteiger partial charge in [-0.2, -0.15) is 0 Å². The van der Waals surface area contributed by atoms with Gasteiger partial charge in [0.1, 0.15) is 17.2 Å². The van der Waals surface area contributed by atoms with Crippen LogP contribution in [0.4, 0.5) is 0 Å². The molecule has 1 atom stereocenters. The van der Waals surface area contributed by atoms with Crippen molar-refractivity contribution in [3.63, 3.8) is 0 Å². The molecule has 14 heavy (non-hydrogen) atoms. The maximum atomic E-state index is 9.57. The third kappa shape index (κ3) is 1.48. The molecule has 0 aliphatic carbocycles. The van der Waals surface area contributed by atoms with E-state index in [9.17, 15) is 10.2 Å². The predicted molar refractivity (Wildman–Crippen MR) is 51.4 cm³/mol. The fourth-order valence-electron chi connectivity index (χ4n) is 1.90. The van der Waals surface area contributed by atoms with E-state index in [1.54, 1.807) is 0 Å². The van der Waals surface area contributed by atoms with E-state index in [2.05, 4.69) is 5.32 Å². The molecule has 1 saturated heterocycles. The monoisotopic (exact) mass is 195 g/mol. The predicted octanol–water partition coefficient (Wildman–Crippen LogP) is 1.23. The molecule has 0 spiro atoms. The SMILES string of the molecule is Oc1cc(O)c([C@H]2CCCN2)c(O)c1. The molecule has 4 nitrogen and oxygen atoms in total. The minimum absolute atomic E-state index is 0.00407. The zero-order valence-electron chi connectivity index (χ0n) is 7.70. The van der Waals surface area contributed by atoms with Crippen molar-refractivity contribution in [2.45, 2.75) is 18.9 Å². The molecule has 1 aliphatic rings. The van der Waals surface area contributed by atoms with Crippen molar-refractivity contribution in [2.75, 3.05) is 6.54 Å². The standard InChI is InChI=1S/C10H13NO3/c12-6-4-8(13)10(9(14)5-6)7-2-1-3-11-7/h4-5,7,11-14H,1-3H2/t7-/m1/s1. The van der Waals surface area contributed by atoms with Crippen LogP contribution in [0.3, 0.4) is 0 Å². The number of aromatic hydroxyl groups is 3. The van der Waals surface area contributed by atoms with Gasteiger partial charge in [-0.05, 0) is 19.4 Å². The largest absolute Gasteiger partial charge is 0.508 e. The summed E-state index contributed by atoms with van der Waals surface area (Å²) in [6, 6.07) is 2.49. The van der Waals surface area contributed by atoms with Crippen LogP contribution in [0.25, 0.3) is 0 Å². The molecule has 2 rings (SSSR count). The Morgan fingerprint density at radius 3 is 2.29 bits per heavy atom. The van der Waals surface area contributed by atoms with Gasteiger partial charge in [0, 0.05) is 18.2 Å². The molecule has 4 heteroatoms. The normalized spacial score (nSPS) is 21.3. The van der Waals surface area contributed by atoms with Crippen molar-refractivity contribution in [2.24, 2.45) is 0 Å². The van der Waals surface area contributed by atoms with Crippen LogP contribution in [0, 0.1) is 0 Å². The average Bonchev–Trinajstić information content (AvgIpc) is 2.54. The van der Waals surface area contributed by atoms with Crippen LogP contribution in [0.2, 0.25) is 0 Å². The van der Waals surface area contributed by atoms with Gasteiger partial charge in [0.15, 0.2) is 0 Å². The number of benzene rings is 1. The molecule has 1 aromatic rings. The van der Waals surface area contributed by atoms with Crippen LogP contribution >= 0.6 is 0 Å². The molecule has 0 aromatic heterocycles. The average molecular weight is 195 g/mol. The van der Waals surface area contributed by atoms with E-state index in [0.717, 1.165) is 19.4 Å². The molecule has 0 unspecified atom stereocenters. The quantitative estimate of drug-likeness (QED) is 0.544. The van der Waals surface area contributed by atoms with Crippen LogP contribution in [0.15, 0.2) is 12.1 Å². The lowest BCUT2D eigenvalue weighted by molar-refractivity contribution is 0.408. The lowest BCUT2D eigenvalue weighted by Crippen LogP contribution is -2.13. The van der Waals surface area contributed by atoms with Crippen molar-refractivity contribution < 1.29 is 15.3 Å². The zero-order valence-corrected chi connectivity index (χ0v) is 7.70. The van der Waals surface area contributed by atoms with Crippen molar-refractivity contribution in [3.8, 4) is 17.2 Å². The summed E-state index contributed by atoms with van der Waals surface area (Å²) >= 11 is 0. The Morgan fingerprint density at radius 2 is 1.79 bits per heavy atom. The summed E-state index contributed by atoms with van der Waals surface area (Å²) in [5, 5.41) is 31.4. The van der Waals surface area contributed by atoms with Crippen molar-refractivity contribution in [1.29, 1.82) is 0 Å². The van der Waals surface area contributed by atoms with Gasteiger partial charge in [-0.25, -0.2) is 0 Å². The van der Waals surface area contributed by atoms with E-state index >= 15 is 0 Å².